The van der Waals surface area contributed by atoms with E-state index >= 15 is 0 Å². The first-order valence-electron chi connectivity index (χ1n) is 7.25. The number of carbonyl (C=O) groups excluding carboxylic acids is 2. The van der Waals surface area contributed by atoms with Crippen molar-refractivity contribution in [2.45, 2.75) is 47.0 Å². The monoisotopic (exact) mass is 290 g/mol. The van der Waals surface area contributed by atoms with Crippen LogP contribution in [0.2, 0.25) is 0 Å². The number of ketones is 2. The normalized spacial score (nSPS) is 9.90. The van der Waals surface area contributed by atoms with Gasteiger partial charge in [-0.1, -0.05) is 13.8 Å². The molecule has 0 aliphatic heterocycles. The van der Waals surface area contributed by atoms with E-state index < -0.39 is 0 Å². The van der Waals surface area contributed by atoms with E-state index in [-0.39, 0.29) is 11.6 Å². The molecule has 0 aliphatic rings. The molecule has 0 saturated heterocycles. The predicted octanol–water partition coefficient (Wildman–Crippen LogP) is 4.75. The van der Waals surface area contributed by atoms with Gasteiger partial charge in [0.15, 0.2) is 23.1 Å². The fourth-order valence-corrected chi connectivity index (χ4v) is 1.82. The highest BCUT2D eigenvalue weighted by Gasteiger charge is 2.13. The predicted molar refractivity (Wildman–Crippen MR) is 80.8 cm³/mol. The molecule has 0 amide bonds. The summed E-state index contributed by atoms with van der Waals surface area (Å²) in [6, 6.07) is 6.83. The lowest BCUT2D eigenvalue weighted by atomic mass is 10.1. The van der Waals surface area contributed by atoms with E-state index in [9.17, 15) is 9.59 Å². The lowest BCUT2D eigenvalue weighted by molar-refractivity contribution is 0.0927. The van der Waals surface area contributed by atoms with Gasteiger partial charge in [0.25, 0.3) is 0 Å². The molecular weight excluding hydrogens is 268 g/mol. The van der Waals surface area contributed by atoms with Crippen LogP contribution in [0, 0.1) is 13.8 Å². The van der Waals surface area contributed by atoms with Crippen molar-refractivity contribution in [2.75, 3.05) is 0 Å². The van der Waals surface area contributed by atoms with Gasteiger partial charge in [0, 0.05) is 12.8 Å². The Labute approximate surface area is 125 Å². The Kier molecular flexibility index (Phi) is 6.66. The molecule has 2 aromatic rings. The highest BCUT2D eigenvalue weighted by molar-refractivity contribution is 5.95. The minimum atomic E-state index is -0.0727. The Bertz CT molecular complexity index is 537. The second-order valence-corrected chi connectivity index (χ2v) is 4.52. The first-order valence-corrected chi connectivity index (χ1v) is 7.25. The smallest absolute Gasteiger partial charge is 0.198 e. The number of rotatable bonds is 6. The zero-order valence-corrected chi connectivity index (χ0v) is 13.1. The molecule has 2 aromatic heterocycles. The van der Waals surface area contributed by atoms with Crippen molar-refractivity contribution in [3.8, 4) is 0 Å². The van der Waals surface area contributed by atoms with Crippen molar-refractivity contribution in [3.63, 3.8) is 0 Å². The maximum Gasteiger partial charge on any atom is 0.198 e. The highest BCUT2D eigenvalue weighted by atomic mass is 16.4. The van der Waals surface area contributed by atoms with Crippen molar-refractivity contribution in [2.24, 2.45) is 0 Å². The summed E-state index contributed by atoms with van der Waals surface area (Å²) in [5, 5.41) is 0. The third-order valence-electron chi connectivity index (χ3n) is 2.84. The minimum Gasteiger partial charge on any atom is -0.458 e. The van der Waals surface area contributed by atoms with Crippen LogP contribution in [0.1, 0.15) is 65.7 Å². The third kappa shape index (κ3) is 5.06. The van der Waals surface area contributed by atoms with Gasteiger partial charge in [-0.3, -0.25) is 9.59 Å². The Morgan fingerprint density at radius 2 is 1.19 bits per heavy atom. The maximum atomic E-state index is 11.8. The molecule has 0 saturated carbocycles. The molecule has 2 heterocycles. The molecule has 21 heavy (non-hydrogen) atoms. The number of hydrogen-bond donors (Lipinski definition) is 0. The standard InChI is InChI=1S/C15H16O4.C2H6/c1-10-6-8-14(18-10)12(16)4-3-5-13(17)15-9-7-11(2)19-15;1-2/h6-9H,3-5H2,1-2H3;1-2H3. The van der Waals surface area contributed by atoms with E-state index in [0.717, 1.165) is 0 Å². The lowest BCUT2D eigenvalue weighted by Gasteiger charge is -1.98. The van der Waals surface area contributed by atoms with Crippen LogP contribution in [-0.2, 0) is 0 Å². The first kappa shape index (κ1) is 17.0. The number of aryl methyl sites for hydroxylation is 2. The second-order valence-electron chi connectivity index (χ2n) is 4.52. The highest BCUT2D eigenvalue weighted by Crippen LogP contribution is 2.14. The molecule has 4 heteroatoms. The molecule has 114 valence electrons. The number of furan rings is 2. The summed E-state index contributed by atoms with van der Waals surface area (Å²) in [6.45, 7) is 7.58. The number of hydrogen-bond acceptors (Lipinski definition) is 4. The summed E-state index contributed by atoms with van der Waals surface area (Å²) in [5.41, 5.74) is 0. The molecule has 4 nitrogen and oxygen atoms in total. The second kappa shape index (κ2) is 8.25. The molecule has 0 spiro atoms. The molecule has 2 rings (SSSR count). The SMILES string of the molecule is CC.Cc1ccc(C(=O)CCCC(=O)c2ccc(C)o2)o1. The Morgan fingerprint density at radius 3 is 1.48 bits per heavy atom. The zero-order valence-electron chi connectivity index (χ0n) is 13.1. The van der Waals surface area contributed by atoms with Gasteiger partial charge < -0.3 is 8.83 Å². The van der Waals surface area contributed by atoms with E-state index in [2.05, 4.69) is 0 Å². The quantitative estimate of drug-likeness (QED) is 0.720. The van der Waals surface area contributed by atoms with Crippen LogP contribution >= 0.6 is 0 Å². The van der Waals surface area contributed by atoms with Gasteiger partial charge in [0.05, 0.1) is 0 Å². The lowest BCUT2D eigenvalue weighted by Crippen LogP contribution is -2.01. The van der Waals surface area contributed by atoms with Gasteiger partial charge in [-0.25, -0.2) is 0 Å². The van der Waals surface area contributed by atoms with Crippen molar-refractivity contribution >= 4 is 11.6 Å². The van der Waals surface area contributed by atoms with Crippen molar-refractivity contribution < 1.29 is 18.4 Å². The van der Waals surface area contributed by atoms with Crippen molar-refractivity contribution in [3.05, 3.63) is 47.3 Å². The summed E-state index contributed by atoms with van der Waals surface area (Å²) in [7, 11) is 0. The van der Waals surface area contributed by atoms with Crippen LogP contribution in [0.25, 0.3) is 0 Å². The topological polar surface area (TPSA) is 60.4 Å². The molecular formula is C17H22O4. The van der Waals surface area contributed by atoms with Gasteiger partial charge in [0.2, 0.25) is 0 Å². The summed E-state index contributed by atoms with van der Waals surface area (Å²) >= 11 is 0. The van der Waals surface area contributed by atoms with E-state index in [1.54, 1.807) is 38.1 Å². The van der Waals surface area contributed by atoms with Crippen LogP contribution in [-0.4, -0.2) is 11.6 Å². The summed E-state index contributed by atoms with van der Waals surface area (Å²) in [4.78, 5) is 23.5. The van der Waals surface area contributed by atoms with Gasteiger partial charge in [0.1, 0.15) is 11.5 Å². The molecule has 0 atom stereocenters. The molecule has 0 bridgehead atoms. The van der Waals surface area contributed by atoms with Crippen molar-refractivity contribution in [1.82, 2.24) is 0 Å². The van der Waals surface area contributed by atoms with Gasteiger partial charge in [-0.05, 0) is 44.5 Å². The average molecular weight is 290 g/mol. The Hall–Kier alpha value is -2.10. The van der Waals surface area contributed by atoms with Gasteiger partial charge >= 0.3 is 0 Å². The molecule has 0 unspecified atom stereocenters. The first-order chi connectivity index (χ1) is 10.1. The van der Waals surface area contributed by atoms with Crippen LogP contribution in [0.15, 0.2) is 33.1 Å². The van der Waals surface area contributed by atoms with Crippen molar-refractivity contribution in [1.29, 1.82) is 0 Å². The number of Topliss-reactive ketones (excluding diaryl/α,β-unsaturated/α-hetero) is 2. The van der Waals surface area contributed by atoms with Gasteiger partial charge in [-0.2, -0.15) is 0 Å². The van der Waals surface area contributed by atoms with E-state index in [0.29, 0.717) is 42.3 Å². The van der Waals surface area contributed by atoms with Crippen LogP contribution in [0.5, 0.6) is 0 Å². The Balaban J connectivity index is 0.00000106. The average Bonchev–Trinajstić information content (AvgIpc) is 3.09. The number of carbonyl (C=O) groups is 2. The fourth-order valence-electron chi connectivity index (χ4n) is 1.82. The molecule has 0 N–H and O–H groups in total. The zero-order chi connectivity index (χ0) is 15.8. The van der Waals surface area contributed by atoms with E-state index in [1.165, 1.54) is 0 Å². The molecule has 0 radical (unpaired) electrons. The minimum absolute atomic E-state index is 0.0727. The summed E-state index contributed by atoms with van der Waals surface area (Å²) < 4.78 is 10.5. The fraction of sp³-hybridized carbons (Fsp3) is 0.412. The van der Waals surface area contributed by atoms with E-state index in [4.69, 9.17) is 8.83 Å². The third-order valence-corrected chi connectivity index (χ3v) is 2.84. The maximum absolute atomic E-state index is 11.8. The van der Waals surface area contributed by atoms with Crippen LogP contribution in [0.3, 0.4) is 0 Å². The van der Waals surface area contributed by atoms with E-state index in [1.807, 2.05) is 13.8 Å². The summed E-state index contributed by atoms with van der Waals surface area (Å²) in [6.07, 6.45) is 1.11. The van der Waals surface area contributed by atoms with Gasteiger partial charge in [-0.15, -0.1) is 0 Å². The van der Waals surface area contributed by atoms with Crippen LogP contribution in [0.4, 0.5) is 0 Å². The largest absolute Gasteiger partial charge is 0.458 e. The Morgan fingerprint density at radius 1 is 0.810 bits per heavy atom. The summed E-state index contributed by atoms with van der Waals surface area (Å²) in [5.74, 6) is 2.00. The molecule has 0 fully saturated rings. The molecule has 0 aromatic carbocycles. The van der Waals surface area contributed by atoms with Crippen LogP contribution < -0.4 is 0 Å². The molecule has 0 aliphatic carbocycles.